The molecule has 0 unspecified atom stereocenters. The maximum Gasteiger partial charge on any atom is 0.179 e. The number of hydrogen-bond acceptors (Lipinski definition) is 3. The van der Waals surface area contributed by atoms with E-state index in [-0.39, 0.29) is 0 Å². The highest BCUT2D eigenvalue weighted by Crippen LogP contribution is 2.49. The van der Waals surface area contributed by atoms with Crippen LogP contribution >= 0.6 is 11.8 Å². The summed E-state index contributed by atoms with van der Waals surface area (Å²) < 4.78 is 0. The molecule has 0 saturated carbocycles. The Bertz CT molecular complexity index is 1920. The van der Waals surface area contributed by atoms with Crippen LogP contribution in [0.4, 0.5) is 11.4 Å². The van der Waals surface area contributed by atoms with Crippen molar-refractivity contribution in [2.45, 2.75) is 42.4 Å². The van der Waals surface area contributed by atoms with Crippen LogP contribution in [0.25, 0.3) is 11.1 Å². The van der Waals surface area contributed by atoms with Gasteiger partial charge in [-0.15, -0.1) is 0 Å². The van der Waals surface area contributed by atoms with Gasteiger partial charge in [0.25, 0.3) is 0 Å². The fraction of sp³-hybridized carbons (Fsp3) is 0.140. The summed E-state index contributed by atoms with van der Waals surface area (Å²) in [6.07, 6.45) is 5.92. The van der Waals surface area contributed by atoms with Crippen molar-refractivity contribution in [3.05, 3.63) is 157 Å². The van der Waals surface area contributed by atoms with Gasteiger partial charge < -0.3 is 4.90 Å². The first-order valence-electron chi connectivity index (χ1n) is 16.7. The van der Waals surface area contributed by atoms with Crippen LogP contribution in [0.3, 0.4) is 0 Å². The lowest BCUT2D eigenvalue weighted by atomic mass is 10.0. The number of anilines is 2. The zero-order chi connectivity index (χ0) is 32.1. The molecule has 47 heavy (non-hydrogen) atoms. The second-order valence-corrected chi connectivity index (χ2v) is 17.2. The lowest BCUT2D eigenvalue weighted by Crippen LogP contribution is -2.74. The molecule has 0 amide bonds. The lowest BCUT2D eigenvalue weighted by Gasteiger charge is -2.34. The molecule has 0 bridgehead atoms. The number of nitrogens with zero attached hydrogens (tertiary/aromatic N) is 1. The molecule has 7 rings (SSSR count). The lowest BCUT2D eigenvalue weighted by molar-refractivity contribution is 0.112. The van der Waals surface area contributed by atoms with Crippen molar-refractivity contribution in [1.82, 2.24) is 0 Å². The van der Waals surface area contributed by atoms with E-state index in [1.807, 2.05) is 23.9 Å². The average Bonchev–Trinajstić information content (AvgIpc) is 3.14. The van der Waals surface area contributed by atoms with E-state index in [0.717, 1.165) is 12.8 Å². The van der Waals surface area contributed by atoms with Crippen LogP contribution in [0, 0.1) is 0 Å². The van der Waals surface area contributed by atoms with Crippen molar-refractivity contribution in [2.75, 3.05) is 11.4 Å². The van der Waals surface area contributed by atoms with Crippen molar-refractivity contribution in [2.24, 2.45) is 0 Å². The fourth-order valence-electron chi connectivity index (χ4n) is 7.05. The van der Waals surface area contributed by atoms with E-state index in [4.69, 9.17) is 0 Å². The standard InChI is InChI=1S/C43H39NOSSi/c1-2-3-4-13-30-44-40-18-11-12-19-42(40)46-43-31-35(24-29-41(43)44)34-22-27-39(28-23-34)47(36-14-7-5-8-15-36,37-16-9-6-10-17-37)38-25-20-33(32-45)21-26-38/h5-12,14-29,31-32H,2-4,13,30H2,1H3. The Labute approximate surface area is 284 Å². The second kappa shape index (κ2) is 14.0. The third kappa shape index (κ3) is 6.00. The Hall–Kier alpha value is -4.64. The van der Waals surface area contributed by atoms with Crippen LogP contribution < -0.4 is 25.6 Å². The van der Waals surface area contributed by atoms with E-state index in [1.54, 1.807) is 0 Å². The first kappa shape index (κ1) is 31.0. The monoisotopic (exact) mass is 645 g/mol. The van der Waals surface area contributed by atoms with Crippen LogP contribution in [0.5, 0.6) is 0 Å². The quantitative estimate of drug-likeness (QED) is 0.0609. The van der Waals surface area contributed by atoms with Gasteiger partial charge in [-0.1, -0.05) is 165 Å². The molecule has 0 radical (unpaired) electrons. The minimum atomic E-state index is -2.68. The fourth-order valence-corrected chi connectivity index (χ4v) is 12.9. The van der Waals surface area contributed by atoms with Crippen molar-refractivity contribution in [3.8, 4) is 11.1 Å². The number of fused-ring (bicyclic) bond motifs is 2. The van der Waals surface area contributed by atoms with Gasteiger partial charge in [-0.3, -0.25) is 4.79 Å². The van der Waals surface area contributed by atoms with E-state index in [9.17, 15) is 4.79 Å². The zero-order valence-electron chi connectivity index (χ0n) is 26.8. The predicted octanol–water partition coefficient (Wildman–Crippen LogP) is 8.73. The molecular formula is C43H39NOSSi. The summed E-state index contributed by atoms with van der Waals surface area (Å²) in [5.74, 6) is 0. The van der Waals surface area contributed by atoms with Crippen LogP contribution in [-0.4, -0.2) is 20.9 Å². The van der Waals surface area contributed by atoms with E-state index < -0.39 is 8.07 Å². The van der Waals surface area contributed by atoms with Gasteiger partial charge in [0, 0.05) is 21.9 Å². The Morgan fingerprint density at radius 2 is 1.11 bits per heavy atom. The van der Waals surface area contributed by atoms with Gasteiger partial charge in [0.05, 0.1) is 11.4 Å². The molecule has 1 aliphatic heterocycles. The third-order valence-corrected chi connectivity index (χ3v) is 15.3. The normalized spacial score (nSPS) is 12.3. The summed E-state index contributed by atoms with van der Waals surface area (Å²) in [5, 5.41) is 5.22. The van der Waals surface area contributed by atoms with Gasteiger partial charge in [0.1, 0.15) is 6.29 Å². The number of aldehydes is 1. The molecule has 1 heterocycles. The molecule has 232 valence electrons. The molecule has 0 aromatic heterocycles. The van der Waals surface area contributed by atoms with Crippen LogP contribution in [0.15, 0.2) is 161 Å². The Morgan fingerprint density at radius 3 is 1.74 bits per heavy atom. The maximum atomic E-state index is 11.6. The Balaban J connectivity index is 1.30. The van der Waals surface area contributed by atoms with Gasteiger partial charge in [-0.2, -0.15) is 0 Å². The summed E-state index contributed by atoms with van der Waals surface area (Å²) in [7, 11) is -2.68. The zero-order valence-corrected chi connectivity index (χ0v) is 28.6. The third-order valence-electron chi connectivity index (χ3n) is 9.41. The number of rotatable bonds is 11. The molecule has 0 N–H and O–H groups in total. The van der Waals surface area contributed by atoms with E-state index in [0.29, 0.717) is 5.56 Å². The molecule has 6 aromatic carbocycles. The average molecular weight is 646 g/mol. The Morgan fingerprint density at radius 1 is 0.553 bits per heavy atom. The topological polar surface area (TPSA) is 20.3 Å². The summed E-state index contributed by atoms with van der Waals surface area (Å²) in [4.78, 5) is 16.8. The van der Waals surface area contributed by atoms with Gasteiger partial charge in [0.15, 0.2) is 8.07 Å². The first-order chi connectivity index (χ1) is 23.2. The number of benzene rings is 6. The summed E-state index contributed by atoms with van der Waals surface area (Å²) >= 11 is 1.88. The van der Waals surface area contributed by atoms with Crippen molar-refractivity contribution >= 4 is 58.2 Å². The van der Waals surface area contributed by atoms with Crippen LogP contribution in [0.2, 0.25) is 0 Å². The van der Waals surface area contributed by atoms with E-state index in [1.165, 1.54) is 78.7 Å². The highest BCUT2D eigenvalue weighted by atomic mass is 32.2. The number of carbonyl (C=O) groups is 1. The molecule has 2 nitrogen and oxygen atoms in total. The molecule has 1 aliphatic rings. The van der Waals surface area contributed by atoms with Crippen molar-refractivity contribution < 1.29 is 4.79 Å². The number of unbranched alkanes of at least 4 members (excludes halogenated alkanes) is 3. The van der Waals surface area contributed by atoms with Gasteiger partial charge in [-0.25, -0.2) is 0 Å². The van der Waals surface area contributed by atoms with E-state index in [2.05, 4.69) is 151 Å². The highest BCUT2D eigenvalue weighted by Gasteiger charge is 2.41. The number of para-hydroxylation sites is 1. The van der Waals surface area contributed by atoms with Crippen molar-refractivity contribution in [3.63, 3.8) is 0 Å². The smallest absolute Gasteiger partial charge is 0.179 e. The minimum Gasteiger partial charge on any atom is -0.340 e. The SMILES string of the molecule is CCCCCCN1c2ccccc2Sc2cc(-c3ccc([Si](c4ccccc4)(c4ccccc4)c4ccc(C=O)cc4)cc3)ccc21. The Kier molecular flexibility index (Phi) is 9.23. The number of carbonyl (C=O) groups excluding carboxylic acids is 1. The molecule has 4 heteroatoms. The van der Waals surface area contributed by atoms with Gasteiger partial charge >= 0.3 is 0 Å². The van der Waals surface area contributed by atoms with Crippen molar-refractivity contribution in [1.29, 1.82) is 0 Å². The maximum absolute atomic E-state index is 11.6. The van der Waals surface area contributed by atoms with Gasteiger partial charge in [0.2, 0.25) is 0 Å². The number of hydrogen-bond donors (Lipinski definition) is 0. The second-order valence-electron chi connectivity index (χ2n) is 12.3. The molecule has 0 aliphatic carbocycles. The molecule has 6 aromatic rings. The largest absolute Gasteiger partial charge is 0.340 e. The summed E-state index contributed by atoms with van der Waals surface area (Å²) in [5.41, 5.74) is 5.77. The highest BCUT2D eigenvalue weighted by molar-refractivity contribution is 7.99. The molecular weight excluding hydrogens is 607 g/mol. The minimum absolute atomic E-state index is 0.695. The molecule has 0 spiro atoms. The first-order valence-corrected chi connectivity index (χ1v) is 19.5. The summed E-state index contributed by atoms with van der Waals surface area (Å²) in [6.45, 7) is 3.31. The molecule has 0 saturated heterocycles. The van der Waals surface area contributed by atoms with Crippen LogP contribution in [0.1, 0.15) is 43.0 Å². The summed E-state index contributed by atoms with van der Waals surface area (Å²) in [6, 6.07) is 55.2. The van der Waals surface area contributed by atoms with Gasteiger partial charge in [-0.05, 0) is 62.6 Å². The molecule has 0 atom stereocenters. The predicted molar refractivity (Wildman–Crippen MR) is 203 cm³/mol. The van der Waals surface area contributed by atoms with E-state index >= 15 is 0 Å². The molecule has 0 fully saturated rings. The van der Waals surface area contributed by atoms with Crippen LogP contribution in [-0.2, 0) is 0 Å².